The first-order valence-electron chi connectivity index (χ1n) is 8.22. The Balaban J connectivity index is 1.49. The molecule has 1 amide bonds. The Morgan fingerprint density at radius 3 is 2.85 bits per heavy atom. The molecule has 27 heavy (non-hydrogen) atoms. The number of hydrogen-bond acceptors (Lipinski definition) is 6. The highest BCUT2D eigenvalue weighted by Crippen LogP contribution is 2.22. The van der Waals surface area contributed by atoms with E-state index in [1.807, 2.05) is 24.4 Å². The van der Waals surface area contributed by atoms with Gasteiger partial charge in [0, 0.05) is 11.8 Å². The number of carbonyl (C=O) groups is 1. The monoisotopic (exact) mass is 384 g/mol. The van der Waals surface area contributed by atoms with Crippen molar-refractivity contribution in [2.75, 3.05) is 0 Å². The Kier molecular flexibility index (Phi) is 4.11. The standard InChI is InChI=1S/C17H16N6O3S/c1-11(19-16-12-6-2-3-7-13(12)27(25,26)22-16)17(24)18-10-15-21-20-14-8-4-5-9-23(14)15/h2-9,11H,10H2,1H3,(H,18,24)(H,19,22)/t11-/m0/s1. The van der Waals surface area contributed by atoms with Crippen LogP contribution < -0.4 is 10.0 Å². The highest BCUT2D eigenvalue weighted by molar-refractivity contribution is 7.90. The smallest absolute Gasteiger partial charge is 0.263 e. The largest absolute Gasteiger partial charge is 0.347 e. The van der Waals surface area contributed by atoms with Gasteiger partial charge in [-0.1, -0.05) is 18.2 Å². The van der Waals surface area contributed by atoms with Gasteiger partial charge in [-0.15, -0.1) is 10.2 Å². The molecule has 0 saturated heterocycles. The highest BCUT2D eigenvalue weighted by Gasteiger charge is 2.31. The second-order valence-corrected chi connectivity index (χ2v) is 7.67. The van der Waals surface area contributed by atoms with Crippen LogP contribution >= 0.6 is 0 Å². The minimum atomic E-state index is -3.63. The van der Waals surface area contributed by atoms with Gasteiger partial charge in [-0.05, 0) is 31.2 Å². The van der Waals surface area contributed by atoms with Crippen molar-refractivity contribution >= 4 is 27.4 Å². The molecule has 9 nitrogen and oxygen atoms in total. The lowest BCUT2D eigenvalue weighted by molar-refractivity contribution is -0.122. The van der Waals surface area contributed by atoms with Crippen molar-refractivity contribution in [3.05, 3.63) is 60.0 Å². The second-order valence-electron chi connectivity index (χ2n) is 6.02. The summed E-state index contributed by atoms with van der Waals surface area (Å²) < 4.78 is 28.4. The number of nitrogens with one attached hydrogen (secondary N) is 2. The first kappa shape index (κ1) is 17.2. The van der Waals surface area contributed by atoms with Gasteiger partial charge in [0.2, 0.25) is 5.91 Å². The zero-order valence-electron chi connectivity index (χ0n) is 14.3. The number of hydrogen-bond donors (Lipinski definition) is 2. The van der Waals surface area contributed by atoms with Crippen molar-refractivity contribution in [3.63, 3.8) is 0 Å². The summed E-state index contributed by atoms with van der Waals surface area (Å²) in [6.07, 6.45) is 1.81. The first-order chi connectivity index (χ1) is 13.0. The lowest BCUT2D eigenvalue weighted by Gasteiger charge is -2.09. The maximum Gasteiger partial charge on any atom is 0.263 e. The molecule has 1 aliphatic heterocycles. The summed E-state index contributed by atoms with van der Waals surface area (Å²) in [6.45, 7) is 1.78. The van der Waals surface area contributed by atoms with E-state index < -0.39 is 16.1 Å². The number of nitrogens with zero attached hydrogens (tertiary/aromatic N) is 4. The van der Waals surface area contributed by atoms with Crippen molar-refractivity contribution in [3.8, 4) is 0 Å². The summed E-state index contributed by atoms with van der Waals surface area (Å²) in [5, 5.41) is 10.8. The summed E-state index contributed by atoms with van der Waals surface area (Å²) in [5.41, 5.74) is 1.15. The third kappa shape index (κ3) is 3.14. The summed E-state index contributed by atoms with van der Waals surface area (Å²) in [5.74, 6) is 0.408. The van der Waals surface area contributed by atoms with Crippen LogP contribution in [0.1, 0.15) is 18.3 Å². The molecule has 4 rings (SSSR count). The summed E-state index contributed by atoms with van der Waals surface area (Å²) in [7, 11) is -3.63. The lowest BCUT2D eigenvalue weighted by Crippen LogP contribution is -2.34. The van der Waals surface area contributed by atoms with E-state index in [1.54, 1.807) is 29.5 Å². The van der Waals surface area contributed by atoms with E-state index in [1.165, 1.54) is 6.07 Å². The Morgan fingerprint density at radius 1 is 1.22 bits per heavy atom. The molecule has 0 aliphatic carbocycles. The van der Waals surface area contributed by atoms with E-state index in [0.29, 0.717) is 17.0 Å². The third-order valence-corrected chi connectivity index (χ3v) is 5.57. The van der Waals surface area contributed by atoms with E-state index in [4.69, 9.17) is 0 Å². The fourth-order valence-electron chi connectivity index (χ4n) is 2.81. The molecule has 2 aromatic heterocycles. The fourth-order valence-corrected chi connectivity index (χ4v) is 4.05. The number of rotatable bonds is 4. The van der Waals surface area contributed by atoms with Gasteiger partial charge < -0.3 is 5.32 Å². The van der Waals surface area contributed by atoms with Crippen LogP contribution in [0.4, 0.5) is 0 Å². The van der Waals surface area contributed by atoms with Crippen LogP contribution in [0.3, 0.4) is 0 Å². The first-order valence-corrected chi connectivity index (χ1v) is 9.70. The van der Waals surface area contributed by atoms with Crippen LogP contribution in [0.25, 0.3) is 5.65 Å². The fraction of sp³-hybridized carbons (Fsp3) is 0.176. The minimum absolute atomic E-state index is 0.159. The van der Waals surface area contributed by atoms with Crippen molar-refractivity contribution in [1.29, 1.82) is 0 Å². The molecule has 3 aromatic rings. The molecule has 0 radical (unpaired) electrons. The van der Waals surface area contributed by atoms with Gasteiger partial charge in [-0.25, -0.2) is 8.42 Å². The maximum atomic E-state index is 12.4. The number of benzene rings is 1. The Morgan fingerprint density at radius 2 is 2.00 bits per heavy atom. The van der Waals surface area contributed by atoms with E-state index in [-0.39, 0.29) is 23.2 Å². The molecule has 0 fully saturated rings. The molecule has 1 aromatic carbocycles. The summed E-state index contributed by atoms with van der Waals surface area (Å²) in [6, 6.07) is 11.2. The van der Waals surface area contributed by atoms with Gasteiger partial charge in [-0.2, -0.15) is 0 Å². The van der Waals surface area contributed by atoms with Gasteiger partial charge in [0.15, 0.2) is 11.5 Å². The van der Waals surface area contributed by atoms with Crippen molar-refractivity contribution < 1.29 is 13.2 Å². The van der Waals surface area contributed by atoms with Gasteiger partial charge in [0.1, 0.15) is 11.9 Å². The van der Waals surface area contributed by atoms with Crippen LogP contribution in [0.5, 0.6) is 0 Å². The van der Waals surface area contributed by atoms with Crippen LogP contribution in [-0.2, 0) is 21.4 Å². The predicted molar refractivity (Wildman–Crippen MR) is 97.6 cm³/mol. The topological polar surface area (TPSA) is 118 Å². The number of fused-ring (bicyclic) bond motifs is 2. The number of aliphatic imine (C=N–C) groups is 1. The normalized spacial score (nSPS) is 17.4. The number of sulfonamides is 1. The molecule has 0 unspecified atom stereocenters. The van der Waals surface area contributed by atoms with Gasteiger partial charge in [0.25, 0.3) is 10.0 Å². The summed E-state index contributed by atoms with van der Waals surface area (Å²) in [4.78, 5) is 16.8. The molecule has 0 spiro atoms. The van der Waals surface area contributed by atoms with Crippen molar-refractivity contribution in [2.45, 2.75) is 24.4 Å². The van der Waals surface area contributed by atoms with E-state index >= 15 is 0 Å². The van der Waals surface area contributed by atoms with Gasteiger partial charge in [0.05, 0.1) is 11.4 Å². The quantitative estimate of drug-likeness (QED) is 0.678. The maximum absolute atomic E-state index is 12.4. The van der Waals surface area contributed by atoms with Crippen molar-refractivity contribution in [2.24, 2.45) is 4.99 Å². The van der Waals surface area contributed by atoms with Crippen LogP contribution in [0, 0.1) is 0 Å². The van der Waals surface area contributed by atoms with Crippen LogP contribution in [-0.4, -0.2) is 40.8 Å². The molecular formula is C17H16N6O3S. The number of carbonyl (C=O) groups excluding carboxylic acids is 1. The van der Waals surface area contributed by atoms with E-state index in [0.717, 1.165) is 0 Å². The number of aromatic nitrogens is 3. The minimum Gasteiger partial charge on any atom is -0.347 e. The average molecular weight is 384 g/mol. The third-order valence-electron chi connectivity index (χ3n) is 4.17. The van der Waals surface area contributed by atoms with E-state index in [2.05, 4.69) is 25.2 Å². The molecule has 138 valence electrons. The van der Waals surface area contributed by atoms with Gasteiger partial charge in [-0.3, -0.25) is 18.9 Å². The molecule has 1 aliphatic rings. The molecule has 10 heteroatoms. The zero-order valence-corrected chi connectivity index (χ0v) is 15.1. The highest BCUT2D eigenvalue weighted by atomic mass is 32.2. The molecule has 3 heterocycles. The average Bonchev–Trinajstić information content (AvgIpc) is 3.19. The molecular weight excluding hydrogens is 368 g/mol. The van der Waals surface area contributed by atoms with Crippen molar-refractivity contribution in [1.82, 2.24) is 24.6 Å². The predicted octanol–water partition coefficient (Wildman–Crippen LogP) is 0.473. The lowest BCUT2D eigenvalue weighted by atomic mass is 10.2. The van der Waals surface area contributed by atoms with Crippen LogP contribution in [0.15, 0.2) is 58.5 Å². The van der Waals surface area contributed by atoms with Gasteiger partial charge >= 0.3 is 0 Å². The number of amides is 1. The molecule has 2 N–H and O–H groups in total. The van der Waals surface area contributed by atoms with E-state index in [9.17, 15) is 13.2 Å². The SMILES string of the molecule is C[C@H](N=C1NS(=O)(=O)c2ccccc21)C(=O)NCc1nnc2ccccn12. The number of amidine groups is 1. The van der Waals surface area contributed by atoms with Crippen LogP contribution in [0.2, 0.25) is 0 Å². The Bertz CT molecular complexity index is 1170. The number of pyridine rings is 1. The molecule has 1 atom stereocenters. The Hall–Kier alpha value is -3.27. The molecule has 0 saturated carbocycles. The summed E-state index contributed by atoms with van der Waals surface area (Å²) >= 11 is 0. The Labute approximate surface area is 155 Å². The second kappa shape index (κ2) is 6.47. The molecule has 0 bridgehead atoms. The zero-order chi connectivity index (χ0) is 19.0.